The number of oxazole rings is 1. The Kier molecular flexibility index (Phi) is 4.88. The van der Waals surface area contributed by atoms with Crippen LogP contribution in [0, 0.1) is 12.7 Å². The summed E-state index contributed by atoms with van der Waals surface area (Å²) in [5.74, 6) is 0.138. The smallest absolute Gasteiger partial charge is 0.230 e. The first-order valence-electron chi connectivity index (χ1n) is 9.34. The molecule has 0 bridgehead atoms. The summed E-state index contributed by atoms with van der Waals surface area (Å²) in [6.45, 7) is 3.91. The molecule has 4 rings (SSSR count). The molecule has 0 aliphatic carbocycles. The van der Waals surface area contributed by atoms with Gasteiger partial charge < -0.3 is 14.6 Å². The molecule has 148 valence electrons. The normalized spacial score (nSPS) is 12.7. The van der Waals surface area contributed by atoms with Gasteiger partial charge in [-0.3, -0.25) is 9.59 Å². The van der Waals surface area contributed by atoms with Crippen LogP contribution < -0.4 is 10.2 Å². The van der Waals surface area contributed by atoms with Crippen molar-refractivity contribution in [1.29, 1.82) is 0 Å². The minimum Gasteiger partial charge on any atom is -0.441 e. The number of hydrogen-bond acceptors (Lipinski definition) is 4. The molecule has 0 fully saturated rings. The van der Waals surface area contributed by atoms with Gasteiger partial charge in [-0.15, -0.1) is 0 Å². The molecule has 2 aromatic carbocycles. The predicted octanol–water partition coefficient (Wildman–Crippen LogP) is 3.88. The number of benzene rings is 2. The van der Waals surface area contributed by atoms with Crippen LogP contribution in [-0.4, -0.2) is 23.3 Å². The van der Waals surface area contributed by atoms with Gasteiger partial charge in [-0.2, -0.15) is 0 Å². The van der Waals surface area contributed by atoms with Crippen LogP contribution in [0.25, 0.3) is 11.5 Å². The maximum absolute atomic E-state index is 13.4. The standard InChI is InChI=1S/C22H20FN3O3/c1-13-19(25-22(29-13)16-4-3-5-17(23)10-16)12-21(28)24-18-7-6-15-8-9-26(14(2)27)20(15)11-18/h3-7,10-11H,8-9,12H2,1-2H3,(H,24,28). The lowest BCUT2D eigenvalue weighted by Gasteiger charge is -2.15. The number of carbonyl (C=O) groups is 2. The highest BCUT2D eigenvalue weighted by atomic mass is 19.1. The average Bonchev–Trinajstić information content (AvgIpc) is 3.25. The minimum absolute atomic E-state index is 0.0182. The molecular weight excluding hydrogens is 373 g/mol. The third-order valence-electron chi connectivity index (χ3n) is 4.94. The summed E-state index contributed by atoms with van der Waals surface area (Å²) in [5.41, 5.74) is 3.55. The third-order valence-corrected chi connectivity index (χ3v) is 4.94. The van der Waals surface area contributed by atoms with Gasteiger partial charge >= 0.3 is 0 Å². The fourth-order valence-corrected chi connectivity index (χ4v) is 3.48. The van der Waals surface area contributed by atoms with Crippen LogP contribution in [-0.2, 0) is 22.4 Å². The molecule has 1 aromatic heterocycles. The first-order valence-corrected chi connectivity index (χ1v) is 9.34. The van der Waals surface area contributed by atoms with Crippen LogP contribution >= 0.6 is 0 Å². The number of aromatic nitrogens is 1. The highest BCUT2D eigenvalue weighted by molar-refractivity contribution is 5.97. The topological polar surface area (TPSA) is 75.4 Å². The second-order valence-corrected chi connectivity index (χ2v) is 7.02. The maximum Gasteiger partial charge on any atom is 0.230 e. The number of aryl methyl sites for hydroxylation is 1. The van der Waals surface area contributed by atoms with E-state index in [1.165, 1.54) is 19.1 Å². The van der Waals surface area contributed by atoms with E-state index in [-0.39, 0.29) is 29.9 Å². The molecule has 0 atom stereocenters. The first kappa shape index (κ1) is 18.9. The van der Waals surface area contributed by atoms with Gasteiger partial charge in [0.15, 0.2) is 0 Å². The van der Waals surface area contributed by atoms with E-state index in [0.717, 1.165) is 17.7 Å². The van der Waals surface area contributed by atoms with E-state index >= 15 is 0 Å². The summed E-state index contributed by atoms with van der Waals surface area (Å²) in [6.07, 6.45) is 0.836. The zero-order valence-corrected chi connectivity index (χ0v) is 16.2. The summed E-state index contributed by atoms with van der Waals surface area (Å²) >= 11 is 0. The summed E-state index contributed by atoms with van der Waals surface area (Å²) < 4.78 is 19.0. The second kappa shape index (κ2) is 7.50. The van der Waals surface area contributed by atoms with Crippen molar-refractivity contribution < 1.29 is 18.4 Å². The molecule has 3 aromatic rings. The van der Waals surface area contributed by atoms with Gasteiger partial charge in [0, 0.05) is 30.4 Å². The number of carbonyl (C=O) groups excluding carboxylic acids is 2. The number of anilines is 2. The molecule has 29 heavy (non-hydrogen) atoms. The summed E-state index contributed by atoms with van der Waals surface area (Å²) in [4.78, 5) is 30.3. The Morgan fingerprint density at radius 1 is 1.24 bits per heavy atom. The number of halogens is 1. The molecule has 0 radical (unpaired) electrons. The molecule has 0 saturated heterocycles. The van der Waals surface area contributed by atoms with Crippen molar-refractivity contribution in [3.05, 3.63) is 65.3 Å². The third kappa shape index (κ3) is 3.89. The van der Waals surface area contributed by atoms with Gasteiger partial charge in [0.2, 0.25) is 17.7 Å². The van der Waals surface area contributed by atoms with Gasteiger partial charge in [0.05, 0.1) is 12.1 Å². The Morgan fingerprint density at radius 3 is 2.83 bits per heavy atom. The molecule has 2 amide bonds. The summed E-state index contributed by atoms with van der Waals surface area (Å²) in [7, 11) is 0. The van der Waals surface area contributed by atoms with Crippen molar-refractivity contribution in [2.75, 3.05) is 16.8 Å². The van der Waals surface area contributed by atoms with Gasteiger partial charge in [-0.05, 0) is 49.2 Å². The number of hydrogen-bond donors (Lipinski definition) is 1. The number of amides is 2. The first-order chi connectivity index (χ1) is 13.9. The summed E-state index contributed by atoms with van der Waals surface area (Å²) in [6, 6.07) is 11.5. The number of nitrogens with zero attached hydrogens (tertiary/aromatic N) is 2. The van der Waals surface area contributed by atoms with Crippen molar-refractivity contribution in [2.45, 2.75) is 26.7 Å². The molecule has 0 unspecified atom stereocenters. The minimum atomic E-state index is -0.381. The van der Waals surface area contributed by atoms with Crippen LogP contribution in [0.5, 0.6) is 0 Å². The van der Waals surface area contributed by atoms with Crippen LogP contribution in [0.3, 0.4) is 0 Å². The molecular formula is C22H20FN3O3. The molecule has 1 N–H and O–H groups in total. The van der Waals surface area contributed by atoms with Crippen molar-refractivity contribution in [2.24, 2.45) is 0 Å². The van der Waals surface area contributed by atoms with Crippen molar-refractivity contribution >= 4 is 23.2 Å². The molecule has 1 aliphatic heterocycles. The van der Waals surface area contributed by atoms with Crippen molar-refractivity contribution in [3.8, 4) is 11.5 Å². The second-order valence-electron chi connectivity index (χ2n) is 7.02. The average molecular weight is 393 g/mol. The van der Waals surface area contributed by atoms with E-state index in [9.17, 15) is 14.0 Å². The number of nitrogens with one attached hydrogen (secondary N) is 1. The molecule has 0 spiro atoms. The monoisotopic (exact) mass is 393 g/mol. The highest BCUT2D eigenvalue weighted by Crippen LogP contribution is 2.31. The quantitative estimate of drug-likeness (QED) is 0.730. The van der Waals surface area contributed by atoms with Gasteiger partial charge in [0.25, 0.3) is 0 Å². The Hall–Kier alpha value is -3.48. The van der Waals surface area contributed by atoms with E-state index < -0.39 is 0 Å². The lowest BCUT2D eigenvalue weighted by atomic mass is 10.1. The predicted molar refractivity (Wildman–Crippen MR) is 107 cm³/mol. The van der Waals surface area contributed by atoms with Crippen LogP contribution in [0.1, 0.15) is 23.9 Å². The summed E-state index contributed by atoms with van der Waals surface area (Å²) in [5, 5.41) is 2.85. The van der Waals surface area contributed by atoms with Crippen LogP contribution in [0.4, 0.5) is 15.8 Å². The Balaban J connectivity index is 1.48. The molecule has 6 nitrogen and oxygen atoms in total. The number of fused-ring (bicyclic) bond motifs is 1. The van der Waals surface area contributed by atoms with E-state index in [2.05, 4.69) is 10.3 Å². The SMILES string of the molecule is CC(=O)N1CCc2ccc(NC(=O)Cc3nc(-c4cccc(F)c4)oc3C)cc21. The zero-order valence-electron chi connectivity index (χ0n) is 16.2. The number of rotatable bonds is 4. The van der Waals surface area contributed by atoms with E-state index in [0.29, 0.717) is 29.2 Å². The molecule has 0 saturated carbocycles. The zero-order chi connectivity index (χ0) is 20.5. The Bertz CT molecular complexity index is 1110. The fourth-order valence-electron chi connectivity index (χ4n) is 3.48. The Morgan fingerprint density at radius 2 is 2.07 bits per heavy atom. The lowest BCUT2D eigenvalue weighted by Crippen LogP contribution is -2.25. The van der Waals surface area contributed by atoms with Gasteiger partial charge in [-0.25, -0.2) is 9.37 Å². The highest BCUT2D eigenvalue weighted by Gasteiger charge is 2.23. The van der Waals surface area contributed by atoms with Gasteiger partial charge in [-0.1, -0.05) is 12.1 Å². The molecule has 7 heteroatoms. The van der Waals surface area contributed by atoms with Crippen LogP contribution in [0.15, 0.2) is 46.9 Å². The fraction of sp³-hybridized carbons (Fsp3) is 0.227. The van der Waals surface area contributed by atoms with E-state index in [1.54, 1.807) is 24.0 Å². The van der Waals surface area contributed by atoms with E-state index in [4.69, 9.17) is 4.42 Å². The lowest BCUT2D eigenvalue weighted by molar-refractivity contribution is -0.116. The van der Waals surface area contributed by atoms with Gasteiger partial charge in [0.1, 0.15) is 11.6 Å². The maximum atomic E-state index is 13.4. The largest absolute Gasteiger partial charge is 0.441 e. The van der Waals surface area contributed by atoms with E-state index in [1.807, 2.05) is 18.2 Å². The van der Waals surface area contributed by atoms with Crippen molar-refractivity contribution in [3.63, 3.8) is 0 Å². The molecule has 2 heterocycles. The Labute approximate surface area is 167 Å². The molecule has 1 aliphatic rings. The van der Waals surface area contributed by atoms with Crippen molar-refractivity contribution in [1.82, 2.24) is 4.98 Å². The van der Waals surface area contributed by atoms with Crippen LogP contribution in [0.2, 0.25) is 0 Å².